The van der Waals surface area contributed by atoms with Gasteiger partial charge in [-0.1, -0.05) is 19.9 Å². The SMILES string of the molecule is Cc1c(-c2cccnc2C(=O)O)cnn1CC12CC3(C)CC(C)(C1)CC(OCCNCCCO)(C3)C2. The van der Waals surface area contributed by atoms with Crippen molar-refractivity contribution in [3.8, 4) is 11.1 Å². The number of nitrogens with zero attached hydrogens (tertiary/aromatic N) is 3. The van der Waals surface area contributed by atoms with Gasteiger partial charge in [0.25, 0.3) is 0 Å². The number of aromatic carboxylic acids is 1. The second-order valence-corrected chi connectivity index (χ2v) is 12.5. The van der Waals surface area contributed by atoms with Gasteiger partial charge in [0, 0.05) is 42.7 Å². The van der Waals surface area contributed by atoms with Crippen molar-refractivity contribution in [2.24, 2.45) is 16.2 Å². The Labute approximate surface area is 213 Å². The van der Waals surface area contributed by atoms with E-state index in [0.717, 1.165) is 56.6 Å². The summed E-state index contributed by atoms with van der Waals surface area (Å²) in [4.78, 5) is 15.9. The second kappa shape index (κ2) is 9.23. The van der Waals surface area contributed by atoms with Gasteiger partial charge in [-0.3, -0.25) is 4.68 Å². The van der Waals surface area contributed by atoms with Gasteiger partial charge in [-0.2, -0.15) is 5.10 Å². The van der Waals surface area contributed by atoms with E-state index >= 15 is 0 Å². The molecule has 0 amide bonds. The Bertz CT molecular complexity index is 1110. The van der Waals surface area contributed by atoms with E-state index in [1.54, 1.807) is 12.3 Å². The van der Waals surface area contributed by atoms with Crippen LogP contribution in [0.5, 0.6) is 0 Å². The first-order valence-electron chi connectivity index (χ1n) is 13.3. The summed E-state index contributed by atoms with van der Waals surface area (Å²) >= 11 is 0. The molecule has 2 heterocycles. The summed E-state index contributed by atoms with van der Waals surface area (Å²) in [5.41, 5.74) is 3.04. The zero-order valence-corrected chi connectivity index (χ0v) is 21.8. The number of ether oxygens (including phenoxy) is 1. The Morgan fingerprint density at radius 3 is 2.56 bits per heavy atom. The monoisotopic (exact) mass is 496 g/mol. The number of rotatable bonds is 11. The Balaban J connectivity index is 1.38. The minimum atomic E-state index is -1.02. The second-order valence-electron chi connectivity index (χ2n) is 12.5. The van der Waals surface area contributed by atoms with Gasteiger partial charge in [0.1, 0.15) is 0 Å². The summed E-state index contributed by atoms with van der Waals surface area (Å²) in [5, 5.41) is 26.8. The van der Waals surface area contributed by atoms with Crippen molar-refractivity contribution in [2.45, 2.75) is 77.9 Å². The number of aromatic nitrogens is 3. The van der Waals surface area contributed by atoms with E-state index in [9.17, 15) is 9.90 Å². The van der Waals surface area contributed by atoms with Crippen molar-refractivity contribution in [1.29, 1.82) is 0 Å². The molecule has 2 atom stereocenters. The zero-order chi connectivity index (χ0) is 25.6. The van der Waals surface area contributed by atoms with E-state index in [1.165, 1.54) is 25.5 Å². The molecule has 2 aromatic heterocycles. The summed E-state index contributed by atoms with van der Waals surface area (Å²) in [6.45, 7) is 10.3. The van der Waals surface area contributed by atoms with Crippen molar-refractivity contribution in [3.63, 3.8) is 0 Å². The molecular formula is C28H40N4O4. The lowest BCUT2D eigenvalue weighted by Gasteiger charge is -2.69. The lowest BCUT2D eigenvalue weighted by Crippen LogP contribution is -2.64. The molecule has 3 N–H and O–H groups in total. The van der Waals surface area contributed by atoms with E-state index in [2.05, 4.69) is 28.8 Å². The third-order valence-corrected chi connectivity index (χ3v) is 8.74. The third kappa shape index (κ3) is 4.71. The number of aliphatic hydroxyl groups excluding tert-OH is 1. The van der Waals surface area contributed by atoms with E-state index < -0.39 is 5.97 Å². The number of carboxylic acids is 1. The predicted octanol–water partition coefficient (Wildman–Crippen LogP) is 4.06. The zero-order valence-electron chi connectivity index (χ0n) is 21.8. The highest BCUT2D eigenvalue weighted by atomic mass is 16.5. The van der Waals surface area contributed by atoms with Gasteiger partial charge in [0.05, 0.1) is 18.4 Å². The van der Waals surface area contributed by atoms with E-state index in [4.69, 9.17) is 14.9 Å². The summed E-state index contributed by atoms with van der Waals surface area (Å²) in [6, 6.07) is 3.59. The van der Waals surface area contributed by atoms with Crippen LogP contribution in [0.2, 0.25) is 0 Å². The molecular weight excluding hydrogens is 456 g/mol. The molecule has 4 fully saturated rings. The third-order valence-electron chi connectivity index (χ3n) is 8.74. The molecule has 6 rings (SSSR count). The summed E-state index contributed by atoms with van der Waals surface area (Å²) in [7, 11) is 0. The summed E-state index contributed by atoms with van der Waals surface area (Å²) in [6.07, 6.45) is 11.0. The van der Waals surface area contributed by atoms with Crippen molar-refractivity contribution in [3.05, 3.63) is 35.9 Å². The van der Waals surface area contributed by atoms with Gasteiger partial charge in [-0.25, -0.2) is 9.78 Å². The first-order valence-corrected chi connectivity index (χ1v) is 13.3. The Kier molecular flexibility index (Phi) is 6.50. The van der Waals surface area contributed by atoms with Crippen LogP contribution in [0.4, 0.5) is 0 Å². The molecule has 0 spiro atoms. The van der Waals surface area contributed by atoms with Crippen LogP contribution in [0.3, 0.4) is 0 Å². The van der Waals surface area contributed by atoms with Crippen molar-refractivity contribution >= 4 is 5.97 Å². The van der Waals surface area contributed by atoms with Crippen LogP contribution in [0, 0.1) is 23.2 Å². The van der Waals surface area contributed by atoms with Gasteiger partial charge in [-0.05, 0) is 80.7 Å². The highest BCUT2D eigenvalue weighted by Gasteiger charge is 2.66. The topological polar surface area (TPSA) is 110 Å². The molecule has 0 aliphatic heterocycles. The van der Waals surface area contributed by atoms with Crippen LogP contribution >= 0.6 is 0 Å². The molecule has 36 heavy (non-hydrogen) atoms. The maximum absolute atomic E-state index is 11.8. The number of pyridine rings is 1. The van der Waals surface area contributed by atoms with Gasteiger partial charge in [0.2, 0.25) is 0 Å². The largest absolute Gasteiger partial charge is 0.476 e. The molecule has 8 heteroatoms. The molecule has 0 radical (unpaired) electrons. The molecule has 4 aliphatic carbocycles. The number of carbonyl (C=O) groups is 1. The highest BCUT2D eigenvalue weighted by Crippen LogP contribution is 2.72. The smallest absolute Gasteiger partial charge is 0.355 e. The minimum absolute atomic E-state index is 0.0647. The fourth-order valence-electron chi connectivity index (χ4n) is 8.80. The number of nitrogens with one attached hydrogen (secondary N) is 1. The fourth-order valence-corrected chi connectivity index (χ4v) is 8.80. The fraction of sp³-hybridized carbons (Fsp3) is 0.679. The summed E-state index contributed by atoms with van der Waals surface area (Å²) in [5.74, 6) is -1.02. The first kappa shape index (κ1) is 25.4. The lowest BCUT2D eigenvalue weighted by atomic mass is 9.39. The lowest BCUT2D eigenvalue weighted by molar-refractivity contribution is -0.247. The number of hydrogen-bond acceptors (Lipinski definition) is 6. The van der Waals surface area contributed by atoms with Gasteiger partial charge in [0.15, 0.2) is 5.69 Å². The Morgan fingerprint density at radius 2 is 1.86 bits per heavy atom. The van der Waals surface area contributed by atoms with Crippen LogP contribution in [0.25, 0.3) is 11.1 Å². The number of aliphatic hydroxyl groups is 1. The van der Waals surface area contributed by atoms with Crippen LogP contribution in [-0.4, -0.2) is 62.9 Å². The number of hydrogen-bond donors (Lipinski definition) is 3. The molecule has 2 aromatic rings. The normalized spacial score (nSPS) is 32.8. The maximum atomic E-state index is 11.8. The quantitative estimate of drug-likeness (QED) is 0.403. The van der Waals surface area contributed by atoms with Crippen LogP contribution < -0.4 is 5.32 Å². The minimum Gasteiger partial charge on any atom is -0.476 e. The first-order chi connectivity index (χ1) is 17.1. The molecule has 8 nitrogen and oxygen atoms in total. The Hall–Kier alpha value is -2.29. The number of carboxylic acid groups (broad SMARTS) is 1. The van der Waals surface area contributed by atoms with Crippen LogP contribution in [0.15, 0.2) is 24.5 Å². The van der Waals surface area contributed by atoms with E-state index in [1.807, 2.05) is 13.0 Å². The van der Waals surface area contributed by atoms with Crippen molar-refractivity contribution < 1.29 is 19.7 Å². The van der Waals surface area contributed by atoms with Crippen molar-refractivity contribution in [2.75, 3.05) is 26.3 Å². The predicted molar refractivity (Wildman–Crippen MR) is 137 cm³/mol. The molecule has 0 saturated heterocycles. The molecule has 4 aliphatic rings. The van der Waals surface area contributed by atoms with Gasteiger partial charge >= 0.3 is 5.97 Å². The molecule has 2 unspecified atom stereocenters. The molecule has 4 saturated carbocycles. The average Bonchev–Trinajstić information content (AvgIpc) is 3.13. The molecule has 196 valence electrons. The van der Waals surface area contributed by atoms with Crippen LogP contribution in [0.1, 0.15) is 75.0 Å². The standard InChI is InChI=1S/C28H40N4O4/c1-20-22(21-6-4-8-30-23(21)24(34)35)12-31-32(20)19-27-14-25(2)13-26(3,15-27)17-28(16-25,18-27)36-11-9-29-7-5-10-33/h4,6,8,12,29,33H,5,7,9-11,13-19H2,1-3H3,(H,34,35). The van der Waals surface area contributed by atoms with Gasteiger partial charge in [-0.15, -0.1) is 0 Å². The summed E-state index contributed by atoms with van der Waals surface area (Å²) < 4.78 is 8.83. The van der Waals surface area contributed by atoms with E-state index in [-0.39, 0.29) is 34.1 Å². The maximum Gasteiger partial charge on any atom is 0.355 e. The van der Waals surface area contributed by atoms with E-state index in [0.29, 0.717) is 12.2 Å². The van der Waals surface area contributed by atoms with Crippen LogP contribution in [-0.2, 0) is 11.3 Å². The van der Waals surface area contributed by atoms with Crippen molar-refractivity contribution in [1.82, 2.24) is 20.1 Å². The highest BCUT2D eigenvalue weighted by molar-refractivity contribution is 5.94. The van der Waals surface area contributed by atoms with Gasteiger partial charge < -0.3 is 20.3 Å². The molecule has 4 bridgehead atoms. The average molecular weight is 497 g/mol. The Morgan fingerprint density at radius 1 is 1.11 bits per heavy atom. The molecule has 0 aromatic carbocycles.